The number of benzene rings is 1. The highest BCUT2D eigenvalue weighted by molar-refractivity contribution is 14.0. The number of hydrogen-bond acceptors (Lipinski definition) is 4. The lowest BCUT2D eigenvalue weighted by atomic mass is 10.1. The van der Waals surface area contributed by atoms with Gasteiger partial charge in [-0.15, -0.1) is 24.0 Å². The smallest absolute Gasteiger partial charge is 0.215 e. The summed E-state index contributed by atoms with van der Waals surface area (Å²) in [6.45, 7) is 7.64. The van der Waals surface area contributed by atoms with Crippen LogP contribution in [0.5, 0.6) is 0 Å². The van der Waals surface area contributed by atoms with Gasteiger partial charge in [0.25, 0.3) is 0 Å². The molecule has 0 atom stereocenters. The molecule has 1 aromatic carbocycles. The first-order chi connectivity index (χ1) is 13.0. The van der Waals surface area contributed by atoms with E-state index in [4.69, 9.17) is 0 Å². The van der Waals surface area contributed by atoms with E-state index in [0.29, 0.717) is 6.54 Å². The second-order valence-corrected chi connectivity index (χ2v) is 8.73. The van der Waals surface area contributed by atoms with Crippen molar-refractivity contribution in [2.24, 2.45) is 4.99 Å². The normalized spacial score (nSPS) is 15.7. The molecule has 0 aromatic heterocycles. The Labute approximate surface area is 186 Å². The van der Waals surface area contributed by atoms with Gasteiger partial charge in [0.1, 0.15) is 0 Å². The lowest BCUT2D eigenvalue weighted by Crippen LogP contribution is -2.42. The number of halogens is 1. The molecule has 1 fully saturated rings. The summed E-state index contributed by atoms with van der Waals surface area (Å²) in [4.78, 5) is 7.13. The topological polar surface area (TPSA) is 85.8 Å². The Bertz CT molecular complexity index is 706. The molecule has 1 aliphatic heterocycles. The van der Waals surface area contributed by atoms with E-state index in [0.717, 1.165) is 36.7 Å². The Morgan fingerprint density at radius 1 is 1.14 bits per heavy atom. The number of likely N-dealkylation sites (tertiary alicyclic amines) is 1. The molecule has 2 rings (SSSR count). The predicted molar refractivity (Wildman–Crippen MR) is 127 cm³/mol. The Hall–Kier alpha value is -0.910. The van der Waals surface area contributed by atoms with E-state index in [-0.39, 0.29) is 29.7 Å². The molecule has 1 aromatic rings. The summed E-state index contributed by atoms with van der Waals surface area (Å²) < 4.78 is 25.8. The van der Waals surface area contributed by atoms with E-state index in [1.165, 1.54) is 39.4 Å². The van der Waals surface area contributed by atoms with Gasteiger partial charge in [-0.3, -0.25) is 0 Å². The molecule has 0 aliphatic carbocycles. The number of rotatable bonds is 9. The molecule has 0 radical (unpaired) electrons. The van der Waals surface area contributed by atoms with Crippen LogP contribution in [0.25, 0.3) is 0 Å². The quantitative estimate of drug-likeness (QED) is 0.262. The molecule has 160 valence electrons. The van der Waals surface area contributed by atoms with Gasteiger partial charge in [-0.05, 0) is 51.0 Å². The van der Waals surface area contributed by atoms with Gasteiger partial charge < -0.3 is 15.5 Å². The van der Waals surface area contributed by atoms with Crippen molar-refractivity contribution >= 4 is 40.0 Å². The van der Waals surface area contributed by atoms with Crippen LogP contribution >= 0.6 is 24.0 Å². The predicted octanol–water partition coefficient (Wildman–Crippen LogP) is 1.89. The summed E-state index contributed by atoms with van der Waals surface area (Å²) >= 11 is 0. The van der Waals surface area contributed by atoms with E-state index < -0.39 is 10.0 Å². The minimum Gasteiger partial charge on any atom is -0.357 e. The van der Waals surface area contributed by atoms with Crippen molar-refractivity contribution in [3.8, 4) is 0 Å². The number of guanidine groups is 1. The maximum absolute atomic E-state index is 11.7. The minimum atomic E-state index is -3.27. The molecule has 28 heavy (non-hydrogen) atoms. The molecule has 0 saturated carbocycles. The average Bonchev–Trinajstić information content (AvgIpc) is 2.67. The summed E-state index contributed by atoms with van der Waals surface area (Å²) in [5, 5.41) is 6.66. The Kier molecular flexibility index (Phi) is 12.0. The number of nitrogens with zero attached hydrogens (tertiary/aromatic N) is 2. The lowest BCUT2D eigenvalue weighted by Gasteiger charge is -2.26. The summed E-state index contributed by atoms with van der Waals surface area (Å²) in [7, 11) is -1.83. The van der Waals surface area contributed by atoms with Gasteiger partial charge in [0.05, 0.1) is 12.3 Å². The third-order valence-corrected chi connectivity index (χ3v) is 5.93. The summed E-state index contributed by atoms with van der Waals surface area (Å²) in [5.41, 5.74) is 1.76. The monoisotopic (exact) mass is 523 g/mol. The highest BCUT2D eigenvalue weighted by Crippen LogP contribution is 2.10. The van der Waals surface area contributed by atoms with Crippen molar-refractivity contribution in [3.63, 3.8) is 0 Å². The fourth-order valence-corrected chi connectivity index (χ4v) is 3.90. The molecule has 3 N–H and O–H groups in total. The SMILES string of the molecule is CCNC(=NCc1cccc(CS(=O)(=O)NC)c1)NCCN1CCCCC1.I. The Morgan fingerprint density at radius 3 is 2.54 bits per heavy atom. The maximum Gasteiger partial charge on any atom is 0.215 e. The number of sulfonamides is 1. The molecule has 1 saturated heterocycles. The molecule has 1 heterocycles. The zero-order valence-electron chi connectivity index (χ0n) is 16.9. The van der Waals surface area contributed by atoms with Crippen molar-refractivity contribution in [1.82, 2.24) is 20.3 Å². The molecule has 0 bridgehead atoms. The Balaban J connectivity index is 0.00000392. The van der Waals surface area contributed by atoms with Gasteiger partial charge in [-0.1, -0.05) is 30.7 Å². The van der Waals surface area contributed by atoms with Crippen LogP contribution in [0, 0.1) is 0 Å². The van der Waals surface area contributed by atoms with Crippen molar-refractivity contribution in [2.45, 2.75) is 38.5 Å². The van der Waals surface area contributed by atoms with Crippen LogP contribution in [0.1, 0.15) is 37.3 Å². The molecule has 0 unspecified atom stereocenters. The van der Waals surface area contributed by atoms with E-state index >= 15 is 0 Å². The third-order valence-electron chi connectivity index (χ3n) is 4.59. The fraction of sp³-hybridized carbons (Fsp3) is 0.632. The molecular weight excluding hydrogens is 489 g/mol. The highest BCUT2D eigenvalue weighted by atomic mass is 127. The van der Waals surface area contributed by atoms with E-state index in [2.05, 4.69) is 25.2 Å². The van der Waals surface area contributed by atoms with Crippen molar-refractivity contribution < 1.29 is 8.42 Å². The highest BCUT2D eigenvalue weighted by Gasteiger charge is 2.10. The second-order valence-electron chi connectivity index (χ2n) is 6.81. The molecular formula is C19H34IN5O2S. The molecule has 9 heteroatoms. The van der Waals surface area contributed by atoms with Crippen LogP contribution < -0.4 is 15.4 Å². The number of piperidine rings is 1. The standard InChI is InChI=1S/C19H33N5O2S.HI/c1-3-21-19(22-10-13-24-11-5-4-6-12-24)23-15-17-8-7-9-18(14-17)16-27(25,26)20-2;/h7-9,14,20H,3-6,10-13,15-16H2,1-2H3,(H2,21,22,23);1H. The zero-order chi connectivity index (χ0) is 19.5. The number of nitrogens with one attached hydrogen (secondary N) is 3. The van der Waals surface area contributed by atoms with Crippen LogP contribution in [0.3, 0.4) is 0 Å². The molecule has 7 nitrogen and oxygen atoms in total. The number of aliphatic imine (C=N–C) groups is 1. The largest absolute Gasteiger partial charge is 0.357 e. The van der Waals surface area contributed by atoms with Crippen LogP contribution in [0.4, 0.5) is 0 Å². The van der Waals surface area contributed by atoms with Gasteiger partial charge in [0.2, 0.25) is 10.0 Å². The van der Waals surface area contributed by atoms with Crippen LogP contribution in [0.2, 0.25) is 0 Å². The van der Waals surface area contributed by atoms with Gasteiger partial charge in [0.15, 0.2) is 5.96 Å². The summed E-state index contributed by atoms with van der Waals surface area (Å²) in [6, 6.07) is 7.57. The molecule has 1 aliphatic rings. The number of hydrogen-bond donors (Lipinski definition) is 3. The van der Waals surface area contributed by atoms with Crippen LogP contribution in [0.15, 0.2) is 29.3 Å². The first kappa shape index (κ1) is 25.1. The van der Waals surface area contributed by atoms with Crippen molar-refractivity contribution in [1.29, 1.82) is 0 Å². The Morgan fingerprint density at radius 2 is 1.86 bits per heavy atom. The van der Waals surface area contributed by atoms with Gasteiger partial charge in [0, 0.05) is 19.6 Å². The fourth-order valence-electron chi connectivity index (χ4n) is 3.14. The lowest BCUT2D eigenvalue weighted by molar-refractivity contribution is 0.232. The first-order valence-electron chi connectivity index (χ1n) is 9.76. The van der Waals surface area contributed by atoms with Gasteiger partial charge >= 0.3 is 0 Å². The second kappa shape index (κ2) is 13.3. The average molecular weight is 523 g/mol. The van der Waals surface area contributed by atoms with Gasteiger partial charge in [-0.2, -0.15) is 0 Å². The summed E-state index contributed by atoms with van der Waals surface area (Å²) in [5.74, 6) is 0.776. The van der Waals surface area contributed by atoms with E-state index in [1.807, 2.05) is 31.2 Å². The molecule has 0 amide bonds. The summed E-state index contributed by atoms with van der Waals surface area (Å²) in [6.07, 6.45) is 3.95. The van der Waals surface area contributed by atoms with Crippen molar-refractivity contribution in [3.05, 3.63) is 35.4 Å². The van der Waals surface area contributed by atoms with Crippen LogP contribution in [-0.2, 0) is 22.3 Å². The first-order valence-corrected chi connectivity index (χ1v) is 11.4. The minimum absolute atomic E-state index is 0. The molecule has 0 spiro atoms. The maximum atomic E-state index is 11.7. The van der Waals surface area contributed by atoms with Gasteiger partial charge in [-0.25, -0.2) is 18.1 Å². The van der Waals surface area contributed by atoms with Crippen molar-refractivity contribution in [2.75, 3.05) is 39.8 Å². The van der Waals surface area contributed by atoms with E-state index in [1.54, 1.807) is 0 Å². The zero-order valence-corrected chi connectivity index (χ0v) is 20.1. The van der Waals surface area contributed by atoms with E-state index in [9.17, 15) is 8.42 Å². The van der Waals surface area contributed by atoms with Crippen LogP contribution in [-0.4, -0.2) is 59.0 Å². The third kappa shape index (κ3) is 9.53.